The highest BCUT2D eigenvalue weighted by Gasteiger charge is 2.13. The number of nitrogens with zero attached hydrogens (tertiary/aromatic N) is 2. The van der Waals surface area contributed by atoms with Crippen molar-refractivity contribution < 1.29 is 9.59 Å². The number of likely N-dealkylation sites (N-methyl/N-ethyl adjacent to an activating group) is 1. The molecule has 0 unspecified atom stereocenters. The van der Waals surface area contributed by atoms with Crippen LogP contribution in [0, 0.1) is 11.3 Å². The third-order valence-electron chi connectivity index (χ3n) is 2.92. The summed E-state index contributed by atoms with van der Waals surface area (Å²) in [6.45, 7) is 0.156. The van der Waals surface area contributed by atoms with Crippen molar-refractivity contribution >= 4 is 33.8 Å². The number of hydrogen-bond acceptors (Lipinski definition) is 5. The van der Waals surface area contributed by atoms with Crippen LogP contribution in [0.15, 0.2) is 41.8 Å². The zero-order valence-electron chi connectivity index (χ0n) is 12.6. The first kappa shape index (κ1) is 16.7. The molecule has 0 bridgehead atoms. The molecular formula is C16H16N4O2S. The van der Waals surface area contributed by atoms with Gasteiger partial charge in [-0.3, -0.25) is 14.5 Å². The molecular weight excluding hydrogens is 312 g/mol. The van der Waals surface area contributed by atoms with E-state index in [1.165, 1.54) is 11.3 Å². The van der Waals surface area contributed by atoms with Crippen LogP contribution in [0.25, 0.3) is 0 Å². The van der Waals surface area contributed by atoms with E-state index in [1.54, 1.807) is 35.5 Å². The molecule has 1 aromatic carbocycles. The van der Waals surface area contributed by atoms with Gasteiger partial charge < -0.3 is 10.6 Å². The van der Waals surface area contributed by atoms with Crippen molar-refractivity contribution in [3.05, 3.63) is 47.3 Å². The summed E-state index contributed by atoms with van der Waals surface area (Å²) in [7, 11) is 1.68. The van der Waals surface area contributed by atoms with Gasteiger partial charge in [0.2, 0.25) is 11.8 Å². The molecule has 2 N–H and O–H groups in total. The first-order valence-electron chi connectivity index (χ1n) is 6.89. The van der Waals surface area contributed by atoms with Crippen molar-refractivity contribution in [3.63, 3.8) is 0 Å². The van der Waals surface area contributed by atoms with Gasteiger partial charge in [-0.05, 0) is 30.6 Å². The number of anilines is 2. The van der Waals surface area contributed by atoms with Crippen LogP contribution in [0.1, 0.15) is 5.56 Å². The Morgan fingerprint density at radius 2 is 1.78 bits per heavy atom. The Kier molecular flexibility index (Phi) is 5.86. The molecule has 118 valence electrons. The van der Waals surface area contributed by atoms with Crippen LogP contribution in [-0.2, 0) is 9.59 Å². The second-order valence-electron chi connectivity index (χ2n) is 4.91. The fraction of sp³-hybridized carbons (Fsp3) is 0.188. The Morgan fingerprint density at radius 3 is 2.43 bits per heavy atom. The molecule has 1 heterocycles. The van der Waals surface area contributed by atoms with E-state index in [9.17, 15) is 9.59 Å². The molecule has 0 saturated heterocycles. The van der Waals surface area contributed by atoms with E-state index in [0.717, 1.165) is 0 Å². The van der Waals surface area contributed by atoms with Crippen LogP contribution in [0.3, 0.4) is 0 Å². The SMILES string of the molecule is CN(CC(=O)Nc1ccccc1)CC(=O)Nc1sccc1C#N. The second-order valence-corrected chi connectivity index (χ2v) is 5.83. The fourth-order valence-electron chi connectivity index (χ4n) is 1.93. The van der Waals surface area contributed by atoms with Gasteiger partial charge in [0.1, 0.15) is 11.1 Å². The molecule has 1 aromatic heterocycles. The molecule has 0 aliphatic rings. The van der Waals surface area contributed by atoms with Crippen molar-refractivity contribution in [2.24, 2.45) is 0 Å². The molecule has 2 amide bonds. The molecule has 0 spiro atoms. The monoisotopic (exact) mass is 328 g/mol. The summed E-state index contributed by atoms with van der Waals surface area (Å²) in [6, 6.07) is 12.8. The van der Waals surface area contributed by atoms with Gasteiger partial charge in [-0.25, -0.2) is 0 Å². The standard InChI is InChI=1S/C16H16N4O2S/c1-20(10-14(21)18-13-5-3-2-4-6-13)11-15(22)19-16-12(9-17)7-8-23-16/h2-8H,10-11H2,1H3,(H,18,21)(H,19,22). The van der Waals surface area contributed by atoms with Crippen LogP contribution in [0.4, 0.5) is 10.7 Å². The van der Waals surface area contributed by atoms with Gasteiger partial charge in [-0.15, -0.1) is 11.3 Å². The summed E-state index contributed by atoms with van der Waals surface area (Å²) < 4.78 is 0. The highest BCUT2D eigenvalue weighted by atomic mass is 32.1. The van der Waals surface area contributed by atoms with Crippen molar-refractivity contribution in [1.82, 2.24) is 4.90 Å². The molecule has 2 rings (SSSR count). The molecule has 7 heteroatoms. The predicted molar refractivity (Wildman–Crippen MR) is 90.2 cm³/mol. The number of rotatable bonds is 6. The molecule has 0 atom stereocenters. The lowest BCUT2D eigenvalue weighted by Gasteiger charge is -2.15. The maximum atomic E-state index is 11.9. The lowest BCUT2D eigenvalue weighted by molar-refractivity contribution is -0.119. The summed E-state index contributed by atoms with van der Waals surface area (Å²) in [5.41, 5.74) is 1.15. The number of carbonyl (C=O) groups excluding carboxylic acids is 2. The average Bonchev–Trinajstić information content (AvgIpc) is 2.94. The zero-order valence-corrected chi connectivity index (χ0v) is 13.4. The lowest BCUT2D eigenvalue weighted by atomic mass is 10.3. The minimum atomic E-state index is -0.265. The van der Waals surface area contributed by atoms with E-state index >= 15 is 0 Å². The maximum absolute atomic E-state index is 11.9. The number of para-hydroxylation sites is 1. The number of nitriles is 1. The number of thiophene rings is 1. The van der Waals surface area contributed by atoms with Gasteiger partial charge >= 0.3 is 0 Å². The molecule has 2 aromatic rings. The fourth-order valence-corrected chi connectivity index (χ4v) is 2.68. The van der Waals surface area contributed by atoms with Gasteiger partial charge in [0.25, 0.3) is 0 Å². The molecule has 0 saturated carbocycles. The topological polar surface area (TPSA) is 85.2 Å². The highest BCUT2D eigenvalue weighted by molar-refractivity contribution is 7.14. The third kappa shape index (κ3) is 5.21. The zero-order chi connectivity index (χ0) is 16.7. The second kappa shape index (κ2) is 8.08. The largest absolute Gasteiger partial charge is 0.325 e. The van der Waals surface area contributed by atoms with E-state index in [2.05, 4.69) is 10.6 Å². The van der Waals surface area contributed by atoms with Gasteiger partial charge in [-0.1, -0.05) is 18.2 Å². The minimum Gasteiger partial charge on any atom is -0.325 e. The molecule has 0 aliphatic heterocycles. The Morgan fingerprint density at radius 1 is 1.13 bits per heavy atom. The predicted octanol–water partition coefficient (Wildman–Crippen LogP) is 2.13. The van der Waals surface area contributed by atoms with Crippen molar-refractivity contribution in [2.75, 3.05) is 30.8 Å². The van der Waals surface area contributed by atoms with Crippen LogP contribution in [0.5, 0.6) is 0 Å². The van der Waals surface area contributed by atoms with Crippen LogP contribution >= 0.6 is 11.3 Å². The van der Waals surface area contributed by atoms with Crippen LogP contribution in [-0.4, -0.2) is 36.9 Å². The lowest BCUT2D eigenvalue weighted by Crippen LogP contribution is -2.36. The number of nitrogens with one attached hydrogen (secondary N) is 2. The molecule has 0 aliphatic carbocycles. The Bertz CT molecular complexity index is 721. The van der Waals surface area contributed by atoms with Gasteiger partial charge in [0, 0.05) is 5.69 Å². The van der Waals surface area contributed by atoms with Crippen molar-refractivity contribution in [1.29, 1.82) is 5.26 Å². The van der Waals surface area contributed by atoms with E-state index in [4.69, 9.17) is 5.26 Å². The van der Waals surface area contributed by atoms with Crippen LogP contribution < -0.4 is 10.6 Å². The smallest absolute Gasteiger partial charge is 0.239 e. The molecule has 23 heavy (non-hydrogen) atoms. The van der Waals surface area contributed by atoms with Gasteiger partial charge in [0.05, 0.1) is 18.7 Å². The summed E-state index contributed by atoms with van der Waals surface area (Å²) in [6.07, 6.45) is 0. The van der Waals surface area contributed by atoms with Crippen molar-refractivity contribution in [2.45, 2.75) is 0 Å². The molecule has 0 radical (unpaired) electrons. The molecule has 6 nitrogen and oxygen atoms in total. The molecule has 0 fully saturated rings. The number of amides is 2. The summed E-state index contributed by atoms with van der Waals surface area (Å²) in [5, 5.41) is 16.6. The summed E-state index contributed by atoms with van der Waals surface area (Å²) in [4.78, 5) is 25.4. The first-order chi connectivity index (χ1) is 11.1. The Hall–Kier alpha value is -2.69. The van der Waals surface area contributed by atoms with Crippen LogP contribution in [0.2, 0.25) is 0 Å². The van der Waals surface area contributed by atoms with E-state index in [-0.39, 0.29) is 24.9 Å². The number of benzene rings is 1. The highest BCUT2D eigenvalue weighted by Crippen LogP contribution is 2.21. The van der Waals surface area contributed by atoms with E-state index in [1.807, 2.05) is 24.3 Å². The van der Waals surface area contributed by atoms with Gasteiger partial charge in [0.15, 0.2) is 0 Å². The average molecular weight is 328 g/mol. The van der Waals surface area contributed by atoms with Crippen molar-refractivity contribution in [3.8, 4) is 6.07 Å². The summed E-state index contributed by atoms with van der Waals surface area (Å²) in [5.74, 6) is -0.459. The van der Waals surface area contributed by atoms with E-state index < -0.39 is 0 Å². The number of hydrogen-bond donors (Lipinski definition) is 2. The number of carbonyl (C=O) groups is 2. The quantitative estimate of drug-likeness (QED) is 0.850. The van der Waals surface area contributed by atoms with E-state index in [0.29, 0.717) is 16.3 Å². The summed E-state index contributed by atoms with van der Waals surface area (Å²) >= 11 is 1.29. The van der Waals surface area contributed by atoms with Gasteiger partial charge in [-0.2, -0.15) is 5.26 Å². The minimum absolute atomic E-state index is 0.0605. The third-order valence-corrected chi connectivity index (χ3v) is 3.75. The maximum Gasteiger partial charge on any atom is 0.239 e. The Labute approximate surface area is 138 Å². The Balaban J connectivity index is 1.80. The normalized spacial score (nSPS) is 10.1. The first-order valence-corrected chi connectivity index (χ1v) is 7.77.